The molecule has 0 saturated carbocycles. The molecule has 2 rings (SSSR count). The Hall–Kier alpha value is -1.76. The lowest BCUT2D eigenvalue weighted by molar-refractivity contribution is -0.137. The van der Waals surface area contributed by atoms with Crippen molar-refractivity contribution >= 4 is 11.8 Å². The molecule has 2 N–H and O–H groups in total. The normalized spacial score (nSPS) is 18.6. The third kappa shape index (κ3) is 2.72. The number of benzene rings is 1. The number of ether oxygens (including phenoxy) is 1. The van der Waals surface area contributed by atoms with Gasteiger partial charge in [0.15, 0.2) is 0 Å². The monoisotopic (exact) mass is 288 g/mol. The minimum absolute atomic E-state index is 0.179. The molecule has 0 aliphatic carbocycles. The summed E-state index contributed by atoms with van der Waals surface area (Å²) in [6, 6.07) is 3.28. The summed E-state index contributed by atoms with van der Waals surface area (Å²) in [6.45, 7) is 1.83. The van der Waals surface area contributed by atoms with E-state index < -0.39 is 24.0 Å². The van der Waals surface area contributed by atoms with E-state index in [2.05, 4.69) is 0 Å². The summed E-state index contributed by atoms with van der Waals surface area (Å²) in [7, 11) is 0. The fourth-order valence-corrected chi connectivity index (χ4v) is 2.23. The fraction of sp³-hybridized carbons (Fsp3) is 0.462. The number of hydrogen-bond acceptors (Lipinski definition) is 3. The molecule has 0 bridgehead atoms. The van der Waals surface area contributed by atoms with Crippen LogP contribution in [0.1, 0.15) is 24.5 Å². The summed E-state index contributed by atoms with van der Waals surface area (Å²) in [5.74, 6) is 0. The molecule has 0 radical (unpaired) electrons. The van der Waals surface area contributed by atoms with Gasteiger partial charge in [-0.2, -0.15) is 13.2 Å². The number of amides is 1. The number of fused-ring (bicyclic) bond motifs is 1. The summed E-state index contributed by atoms with van der Waals surface area (Å²) in [5, 5.41) is 0. The van der Waals surface area contributed by atoms with Crippen molar-refractivity contribution in [2.45, 2.75) is 32.1 Å². The molecule has 1 aliphatic heterocycles. The van der Waals surface area contributed by atoms with Crippen molar-refractivity contribution in [3.63, 3.8) is 0 Å². The second-order valence-corrected chi connectivity index (χ2v) is 4.52. The minimum atomic E-state index is -4.40. The third-order valence-corrected chi connectivity index (χ3v) is 3.17. The molecule has 1 amide bonds. The van der Waals surface area contributed by atoms with Gasteiger partial charge in [0.2, 0.25) is 0 Å². The molecule has 20 heavy (non-hydrogen) atoms. The molecular weight excluding hydrogens is 273 g/mol. The second-order valence-electron chi connectivity index (χ2n) is 4.52. The smallest absolute Gasteiger partial charge is 0.416 e. The van der Waals surface area contributed by atoms with E-state index in [0.29, 0.717) is 24.1 Å². The van der Waals surface area contributed by atoms with Gasteiger partial charge in [0, 0.05) is 0 Å². The van der Waals surface area contributed by atoms with Crippen molar-refractivity contribution < 1.29 is 22.7 Å². The molecule has 0 saturated heterocycles. The number of nitrogens with zero attached hydrogens (tertiary/aromatic N) is 1. The molecule has 0 aromatic heterocycles. The Morgan fingerprint density at radius 2 is 2.20 bits per heavy atom. The highest BCUT2D eigenvalue weighted by Gasteiger charge is 2.34. The number of anilines is 1. The van der Waals surface area contributed by atoms with Crippen LogP contribution in [0.4, 0.5) is 23.7 Å². The maximum atomic E-state index is 12.7. The van der Waals surface area contributed by atoms with Gasteiger partial charge in [-0.05, 0) is 43.5 Å². The maximum absolute atomic E-state index is 12.7. The van der Waals surface area contributed by atoms with E-state index in [0.717, 1.165) is 12.1 Å². The number of carbonyl (C=O) groups is 1. The average Bonchev–Trinajstić information content (AvgIpc) is 2.37. The molecule has 7 heteroatoms. The molecule has 1 aromatic rings. The molecule has 1 heterocycles. The third-order valence-electron chi connectivity index (χ3n) is 3.17. The highest BCUT2D eigenvalue weighted by molar-refractivity contribution is 5.90. The zero-order valence-corrected chi connectivity index (χ0v) is 10.9. The van der Waals surface area contributed by atoms with Crippen molar-refractivity contribution in [2.24, 2.45) is 5.73 Å². The molecule has 1 unspecified atom stereocenters. The lowest BCUT2D eigenvalue weighted by atomic mass is 9.97. The van der Waals surface area contributed by atoms with E-state index in [1.807, 2.05) is 0 Å². The number of carbonyl (C=O) groups excluding carboxylic acids is 1. The summed E-state index contributed by atoms with van der Waals surface area (Å²) in [4.78, 5) is 13.1. The van der Waals surface area contributed by atoms with E-state index in [1.165, 1.54) is 11.0 Å². The summed E-state index contributed by atoms with van der Waals surface area (Å²) < 4.78 is 42.9. The van der Waals surface area contributed by atoms with E-state index in [9.17, 15) is 18.0 Å². The number of aryl methyl sites for hydroxylation is 1. The predicted molar refractivity (Wildman–Crippen MR) is 67.2 cm³/mol. The van der Waals surface area contributed by atoms with E-state index in [4.69, 9.17) is 10.5 Å². The zero-order chi connectivity index (χ0) is 14.9. The van der Waals surface area contributed by atoms with Crippen LogP contribution in [-0.4, -0.2) is 18.9 Å². The molecule has 1 atom stereocenters. The first-order valence-corrected chi connectivity index (χ1v) is 6.26. The van der Waals surface area contributed by atoms with Crippen molar-refractivity contribution in [1.82, 2.24) is 0 Å². The van der Waals surface area contributed by atoms with Crippen molar-refractivity contribution in [3.05, 3.63) is 29.3 Å². The topological polar surface area (TPSA) is 55.6 Å². The number of halogens is 3. The Bertz CT molecular complexity index is 517. The van der Waals surface area contributed by atoms with Crippen LogP contribution < -0.4 is 10.6 Å². The largest absolute Gasteiger partial charge is 0.449 e. The number of nitrogens with two attached hydrogens (primary N) is 1. The molecule has 0 spiro atoms. The second kappa shape index (κ2) is 5.32. The first kappa shape index (κ1) is 14.6. The van der Waals surface area contributed by atoms with Crippen molar-refractivity contribution in [3.8, 4) is 0 Å². The standard InChI is InChI=1S/C13H15F3N2O2/c1-2-20-12(19)18-10-5-4-9(13(14,15)16)7-8(10)3-6-11(18)17/h4-5,7,11H,2-3,6,17H2,1H3. The Labute approximate surface area is 114 Å². The highest BCUT2D eigenvalue weighted by atomic mass is 19.4. The van der Waals surface area contributed by atoms with Gasteiger partial charge >= 0.3 is 12.3 Å². The zero-order valence-electron chi connectivity index (χ0n) is 10.9. The Balaban J connectivity index is 2.39. The number of hydrogen-bond donors (Lipinski definition) is 1. The molecular formula is C13H15F3N2O2. The fourth-order valence-electron chi connectivity index (χ4n) is 2.23. The Morgan fingerprint density at radius 1 is 1.50 bits per heavy atom. The maximum Gasteiger partial charge on any atom is 0.416 e. The quantitative estimate of drug-likeness (QED) is 0.864. The van der Waals surface area contributed by atoms with Crippen LogP contribution in [-0.2, 0) is 17.3 Å². The van der Waals surface area contributed by atoms with E-state index in [-0.39, 0.29) is 6.61 Å². The number of rotatable bonds is 1. The van der Waals surface area contributed by atoms with Crippen molar-refractivity contribution in [1.29, 1.82) is 0 Å². The minimum Gasteiger partial charge on any atom is -0.449 e. The van der Waals surface area contributed by atoms with Crippen LogP contribution in [0.5, 0.6) is 0 Å². The van der Waals surface area contributed by atoms with Gasteiger partial charge in [0.05, 0.1) is 24.0 Å². The van der Waals surface area contributed by atoms with Crippen LogP contribution in [0.25, 0.3) is 0 Å². The van der Waals surface area contributed by atoms with Gasteiger partial charge in [-0.15, -0.1) is 0 Å². The van der Waals surface area contributed by atoms with Gasteiger partial charge in [0.25, 0.3) is 0 Å². The van der Waals surface area contributed by atoms with Gasteiger partial charge in [0.1, 0.15) is 0 Å². The first-order valence-electron chi connectivity index (χ1n) is 6.26. The SMILES string of the molecule is CCOC(=O)N1c2ccc(C(F)(F)F)cc2CCC1N. The Morgan fingerprint density at radius 3 is 2.80 bits per heavy atom. The molecule has 1 aliphatic rings. The van der Waals surface area contributed by atoms with Gasteiger partial charge in [-0.1, -0.05) is 0 Å². The lowest BCUT2D eigenvalue weighted by Crippen LogP contribution is -2.49. The summed E-state index contributed by atoms with van der Waals surface area (Å²) in [6.07, 6.45) is -4.83. The lowest BCUT2D eigenvalue weighted by Gasteiger charge is -2.34. The number of alkyl halides is 3. The van der Waals surface area contributed by atoms with Crippen LogP contribution in [0, 0.1) is 0 Å². The molecule has 110 valence electrons. The van der Waals surface area contributed by atoms with Gasteiger partial charge in [-0.25, -0.2) is 4.79 Å². The summed E-state index contributed by atoms with van der Waals surface area (Å²) >= 11 is 0. The highest BCUT2D eigenvalue weighted by Crippen LogP contribution is 2.36. The van der Waals surface area contributed by atoms with Crippen LogP contribution in [0.15, 0.2) is 18.2 Å². The first-order chi connectivity index (χ1) is 9.34. The Kier molecular flexibility index (Phi) is 3.89. The predicted octanol–water partition coefficient (Wildman–Crippen LogP) is 2.90. The van der Waals surface area contributed by atoms with Crippen LogP contribution in [0.3, 0.4) is 0 Å². The molecule has 4 nitrogen and oxygen atoms in total. The van der Waals surface area contributed by atoms with E-state index in [1.54, 1.807) is 6.92 Å². The van der Waals surface area contributed by atoms with Crippen LogP contribution >= 0.6 is 0 Å². The van der Waals surface area contributed by atoms with Crippen LogP contribution in [0.2, 0.25) is 0 Å². The average molecular weight is 288 g/mol. The van der Waals surface area contributed by atoms with E-state index >= 15 is 0 Å². The summed E-state index contributed by atoms with van der Waals surface area (Å²) in [5.41, 5.74) is 5.96. The molecule has 0 fully saturated rings. The van der Waals surface area contributed by atoms with Gasteiger partial charge < -0.3 is 10.5 Å². The van der Waals surface area contributed by atoms with Crippen molar-refractivity contribution in [2.75, 3.05) is 11.5 Å². The van der Waals surface area contributed by atoms with Gasteiger partial charge in [-0.3, -0.25) is 4.90 Å². The molecule has 1 aromatic carbocycles.